The molecule has 3 aliphatic rings. The molecule has 1 aromatic rings. The first-order valence-electron chi connectivity index (χ1n) is 10.1. The molecule has 0 unspecified atom stereocenters. The molecule has 0 radical (unpaired) electrons. The number of para-hydroxylation sites is 1. The van der Waals surface area contributed by atoms with Gasteiger partial charge in [-0.1, -0.05) is 37.5 Å². The lowest BCUT2D eigenvalue weighted by molar-refractivity contribution is -0.117. The molecule has 1 aliphatic carbocycles. The van der Waals surface area contributed by atoms with E-state index in [0.717, 1.165) is 31.6 Å². The molecule has 1 aromatic carbocycles. The first kappa shape index (κ1) is 17.4. The summed E-state index contributed by atoms with van der Waals surface area (Å²) in [5.41, 5.74) is 2.54. The Morgan fingerprint density at radius 3 is 2.62 bits per heavy atom. The van der Waals surface area contributed by atoms with Crippen LogP contribution in [0.15, 0.2) is 24.3 Å². The van der Waals surface area contributed by atoms with Gasteiger partial charge in [0.25, 0.3) is 0 Å². The predicted molar refractivity (Wildman–Crippen MR) is 102 cm³/mol. The van der Waals surface area contributed by atoms with Crippen molar-refractivity contribution in [2.75, 3.05) is 31.1 Å². The van der Waals surface area contributed by atoms with Crippen molar-refractivity contribution in [3.63, 3.8) is 0 Å². The number of benzene rings is 1. The Balaban J connectivity index is 1.32. The maximum absolute atomic E-state index is 12.6. The minimum absolute atomic E-state index is 0.0207. The van der Waals surface area contributed by atoms with Crippen LogP contribution in [-0.2, 0) is 11.2 Å². The summed E-state index contributed by atoms with van der Waals surface area (Å²) in [7, 11) is 0. The van der Waals surface area contributed by atoms with E-state index < -0.39 is 0 Å². The van der Waals surface area contributed by atoms with Crippen LogP contribution < -0.4 is 10.2 Å². The standard InChI is InChI=1S/C21H29N3O2/c25-19(24-14-9-17-7-2-3-8-18(17)24)15-22-20(26)23-13-6-12-21(16-23)10-4-1-5-11-21/h2-3,7-8H,1,4-6,9-16H2,(H,22,26). The number of carbonyl (C=O) groups excluding carboxylic acids is 2. The average molecular weight is 355 g/mol. The number of hydrogen-bond acceptors (Lipinski definition) is 2. The summed E-state index contributed by atoms with van der Waals surface area (Å²) in [6.45, 7) is 2.46. The lowest BCUT2D eigenvalue weighted by Crippen LogP contribution is -2.52. The van der Waals surface area contributed by atoms with E-state index in [1.165, 1.54) is 44.1 Å². The van der Waals surface area contributed by atoms with Crippen LogP contribution in [0, 0.1) is 5.41 Å². The zero-order chi connectivity index (χ0) is 18.0. The van der Waals surface area contributed by atoms with Crippen LogP contribution in [0.2, 0.25) is 0 Å². The first-order valence-corrected chi connectivity index (χ1v) is 10.1. The molecule has 4 rings (SSSR count). The van der Waals surface area contributed by atoms with Crippen LogP contribution in [0.25, 0.3) is 0 Å². The van der Waals surface area contributed by atoms with E-state index >= 15 is 0 Å². The van der Waals surface area contributed by atoms with E-state index in [-0.39, 0.29) is 18.5 Å². The highest BCUT2D eigenvalue weighted by Gasteiger charge is 2.38. The summed E-state index contributed by atoms with van der Waals surface area (Å²) in [4.78, 5) is 29.0. The fraction of sp³-hybridized carbons (Fsp3) is 0.619. The fourth-order valence-electron chi connectivity index (χ4n) is 5.05. The molecule has 1 saturated heterocycles. The molecule has 0 aromatic heterocycles. The summed E-state index contributed by atoms with van der Waals surface area (Å²) in [5, 5.41) is 2.88. The van der Waals surface area contributed by atoms with E-state index in [0.29, 0.717) is 12.0 Å². The molecule has 5 nitrogen and oxygen atoms in total. The number of fused-ring (bicyclic) bond motifs is 1. The summed E-state index contributed by atoms with van der Waals surface area (Å²) >= 11 is 0. The topological polar surface area (TPSA) is 52.7 Å². The molecule has 2 heterocycles. The van der Waals surface area contributed by atoms with Gasteiger partial charge < -0.3 is 15.1 Å². The van der Waals surface area contributed by atoms with E-state index in [9.17, 15) is 9.59 Å². The number of nitrogens with zero attached hydrogens (tertiary/aromatic N) is 2. The highest BCUT2D eigenvalue weighted by molar-refractivity contribution is 5.98. The minimum Gasteiger partial charge on any atom is -0.329 e. The molecule has 26 heavy (non-hydrogen) atoms. The number of urea groups is 1. The van der Waals surface area contributed by atoms with Gasteiger partial charge in [0.1, 0.15) is 0 Å². The van der Waals surface area contributed by atoms with Gasteiger partial charge in [0.05, 0.1) is 6.54 Å². The number of piperidine rings is 1. The molecule has 1 spiro atoms. The molecule has 140 valence electrons. The van der Waals surface area contributed by atoms with Crippen molar-refractivity contribution in [2.24, 2.45) is 5.41 Å². The smallest absolute Gasteiger partial charge is 0.317 e. The molecule has 1 saturated carbocycles. The van der Waals surface area contributed by atoms with Gasteiger partial charge in [-0.3, -0.25) is 4.79 Å². The number of hydrogen-bond donors (Lipinski definition) is 1. The molecule has 2 aliphatic heterocycles. The van der Waals surface area contributed by atoms with Gasteiger partial charge in [0.2, 0.25) is 5.91 Å². The van der Waals surface area contributed by atoms with Crippen LogP contribution in [0.5, 0.6) is 0 Å². The average Bonchev–Trinajstić information content (AvgIpc) is 3.11. The quantitative estimate of drug-likeness (QED) is 0.885. The monoisotopic (exact) mass is 355 g/mol. The fourth-order valence-corrected chi connectivity index (χ4v) is 5.05. The summed E-state index contributed by atoms with van der Waals surface area (Å²) in [6.07, 6.45) is 9.65. The largest absolute Gasteiger partial charge is 0.329 e. The van der Waals surface area contributed by atoms with Crippen molar-refractivity contribution in [1.82, 2.24) is 10.2 Å². The number of likely N-dealkylation sites (tertiary alicyclic amines) is 1. The number of rotatable bonds is 2. The van der Waals surface area contributed by atoms with Gasteiger partial charge in [-0.25, -0.2) is 4.79 Å². The number of carbonyl (C=O) groups is 2. The third-order valence-corrected chi connectivity index (χ3v) is 6.44. The van der Waals surface area contributed by atoms with Gasteiger partial charge in [0.15, 0.2) is 0 Å². The minimum atomic E-state index is -0.0736. The zero-order valence-corrected chi connectivity index (χ0v) is 15.5. The van der Waals surface area contributed by atoms with Crippen LogP contribution in [0.3, 0.4) is 0 Å². The van der Waals surface area contributed by atoms with Gasteiger partial charge in [-0.15, -0.1) is 0 Å². The number of anilines is 1. The maximum atomic E-state index is 12.6. The Kier molecular flexibility index (Phi) is 4.88. The molecular weight excluding hydrogens is 326 g/mol. The Labute approximate surface area is 155 Å². The van der Waals surface area contributed by atoms with Crippen molar-refractivity contribution >= 4 is 17.6 Å². The third-order valence-electron chi connectivity index (χ3n) is 6.44. The maximum Gasteiger partial charge on any atom is 0.317 e. The molecule has 0 bridgehead atoms. The summed E-state index contributed by atoms with van der Waals surface area (Å²) in [6, 6.07) is 7.94. The van der Waals surface area contributed by atoms with E-state index in [4.69, 9.17) is 0 Å². The number of nitrogens with one attached hydrogen (secondary N) is 1. The highest BCUT2D eigenvalue weighted by Crippen LogP contribution is 2.43. The van der Waals surface area contributed by atoms with Gasteiger partial charge in [-0.05, 0) is 49.1 Å². The third kappa shape index (κ3) is 3.44. The van der Waals surface area contributed by atoms with Crippen molar-refractivity contribution in [1.29, 1.82) is 0 Å². The Bertz CT molecular complexity index is 676. The van der Waals surface area contributed by atoms with Gasteiger partial charge >= 0.3 is 6.03 Å². The highest BCUT2D eigenvalue weighted by atomic mass is 16.2. The normalized spacial score (nSPS) is 21.5. The number of amides is 3. The van der Waals surface area contributed by atoms with Gasteiger partial charge in [0, 0.05) is 25.3 Å². The van der Waals surface area contributed by atoms with Crippen molar-refractivity contribution in [3.8, 4) is 0 Å². The molecule has 2 fully saturated rings. The molecule has 1 N–H and O–H groups in total. The Morgan fingerprint density at radius 1 is 1.00 bits per heavy atom. The first-order chi connectivity index (χ1) is 12.7. The van der Waals surface area contributed by atoms with Crippen molar-refractivity contribution < 1.29 is 9.59 Å². The van der Waals surface area contributed by atoms with Crippen molar-refractivity contribution in [3.05, 3.63) is 29.8 Å². The van der Waals surface area contributed by atoms with Crippen LogP contribution >= 0.6 is 0 Å². The summed E-state index contributed by atoms with van der Waals surface area (Å²) in [5.74, 6) is -0.0207. The van der Waals surface area contributed by atoms with E-state index in [2.05, 4.69) is 11.4 Å². The van der Waals surface area contributed by atoms with Crippen molar-refractivity contribution in [2.45, 2.75) is 51.4 Å². The predicted octanol–water partition coefficient (Wildman–Crippen LogP) is 3.33. The zero-order valence-electron chi connectivity index (χ0n) is 15.5. The van der Waals surface area contributed by atoms with Gasteiger partial charge in [-0.2, -0.15) is 0 Å². The Hall–Kier alpha value is -2.04. The van der Waals surface area contributed by atoms with E-state index in [1.54, 1.807) is 4.90 Å². The lowest BCUT2D eigenvalue weighted by Gasteiger charge is -2.45. The van der Waals surface area contributed by atoms with Crippen LogP contribution in [-0.4, -0.2) is 43.0 Å². The van der Waals surface area contributed by atoms with Crippen LogP contribution in [0.4, 0.5) is 10.5 Å². The lowest BCUT2D eigenvalue weighted by atomic mass is 9.69. The molecule has 5 heteroatoms. The molecule has 0 atom stereocenters. The van der Waals surface area contributed by atoms with E-state index in [1.807, 2.05) is 23.1 Å². The SMILES string of the molecule is O=C(NCC(=O)N1CCc2ccccc21)N1CCCC2(CCCCC2)C1. The van der Waals surface area contributed by atoms with Crippen LogP contribution in [0.1, 0.15) is 50.5 Å². The molecular formula is C21H29N3O2. The second-order valence-electron chi connectivity index (χ2n) is 8.17. The molecule has 3 amide bonds. The second kappa shape index (κ2) is 7.29. The summed E-state index contributed by atoms with van der Waals surface area (Å²) < 4.78 is 0. The Morgan fingerprint density at radius 2 is 1.77 bits per heavy atom. The second-order valence-corrected chi connectivity index (χ2v) is 8.17.